The van der Waals surface area contributed by atoms with Gasteiger partial charge in [0.15, 0.2) is 5.69 Å². The van der Waals surface area contributed by atoms with Gasteiger partial charge in [0.2, 0.25) is 0 Å². The fourth-order valence-electron chi connectivity index (χ4n) is 3.83. The van der Waals surface area contributed by atoms with Crippen molar-refractivity contribution in [3.8, 4) is 0 Å². The zero-order valence-corrected chi connectivity index (χ0v) is 15.4. The summed E-state index contributed by atoms with van der Waals surface area (Å²) in [5.74, 6) is 0.899. The Morgan fingerprint density at radius 1 is 1.19 bits per heavy atom. The molecule has 0 aromatic carbocycles. The lowest BCUT2D eigenvalue weighted by atomic mass is 9.99. The minimum absolute atomic E-state index is 0.000632. The summed E-state index contributed by atoms with van der Waals surface area (Å²) >= 11 is 0. The number of hydrogen-bond acceptors (Lipinski definition) is 6. The molecule has 0 saturated carbocycles. The molecule has 26 heavy (non-hydrogen) atoms. The zero-order valence-electron chi connectivity index (χ0n) is 15.4. The summed E-state index contributed by atoms with van der Waals surface area (Å²) < 4.78 is 5.81. The number of amides is 1. The van der Waals surface area contributed by atoms with Crippen LogP contribution >= 0.6 is 0 Å². The average Bonchev–Trinajstić information content (AvgIpc) is 3.06. The van der Waals surface area contributed by atoms with Crippen molar-refractivity contribution in [1.29, 1.82) is 0 Å². The zero-order chi connectivity index (χ0) is 18.3. The number of anilines is 1. The minimum atomic E-state index is -0.0562. The quantitative estimate of drug-likeness (QED) is 0.877. The number of nitrogens with one attached hydrogen (secondary N) is 1. The van der Waals surface area contributed by atoms with Crippen LogP contribution in [0.1, 0.15) is 47.4 Å². The lowest BCUT2D eigenvalue weighted by molar-refractivity contribution is -0.00702. The third-order valence-corrected chi connectivity index (χ3v) is 5.16. The van der Waals surface area contributed by atoms with Crippen molar-refractivity contribution in [3.05, 3.63) is 35.0 Å². The smallest absolute Gasteiger partial charge is 0.274 e. The molecule has 2 aliphatic rings. The second kappa shape index (κ2) is 6.68. The number of ether oxygens (including phenoxy) is 1. The summed E-state index contributed by atoms with van der Waals surface area (Å²) in [7, 11) is 0. The van der Waals surface area contributed by atoms with Crippen molar-refractivity contribution in [2.24, 2.45) is 0 Å². The van der Waals surface area contributed by atoms with E-state index in [0.29, 0.717) is 18.8 Å². The Labute approximate surface area is 152 Å². The molecule has 0 radical (unpaired) electrons. The Morgan fingerprint density at radius 2 is 1.92 bits per heavy atom. The van der Waals surface area contributed by atoms with E-state index in [2.05, 4.69) is 25.1 Å². The second-order valence-corrected chi connectivity index (χ2v) is 7.00. The number of aromatic nitrogens is 4. The van der Waals surface area contributed by atoms with Gasteiger partial charge in [0, 0.05) is 50.6 Å². The van der Waals surface area contributed by atoms with Crippen molar-refractivity contribution in [3.63, 3.8) is 0 Å². The maximum Gasteiger partial charge on any atom is 0.274 e. The Balaban J connectivity index is 1.47. The summed E-state index contributed by atoms with van der Waals surface area (Å²) in [5, 5.41) is 7.32. The Morgan fingerprint density at radius 3 is 2.65 bits per heavy atom. The standard InChI is InChI=1S/C18H24N6O2/c1-11-10-14-15(13(3)26-11)21-22-16(14)18(25)24-8-6-23(7-9-24)17-12(2)19-4-5-20-17/h4-5,11,13H,6-10H2,1-3H3,(H,21,22)/t11-,13+/m1/s1. The maximum atomic E-state index is 13.0. The molecule has 2 atom stereocenters. The number of piperazine rings is 1. The molecule has 1 saturated heterocycles. The highest BCUT2D eigenvalue weighted by Gasteiger charge is 2.32. The van der Waals surface area contributed by atoms with Crippen LogP contribution in [0.2, 0.25) is 0 Å². The highest BCUT2D eigenvalue weighted by molar-refractivity contribution is 5.94. The largest absolute Gasteiger partial charge is 0.369 e. The molecule has 4 rings (SSSR count). The summed E-state index contributed by atoms with van der Waals surface area (Å²) in [6.07, 6.45) is 4.17. The molecule has 4 heterocycles. The Bertz CT molecular complexity index is 812. The third kappa shape index (κ3) is 2.94. The molecule has 2 aromatic rings. The van der Waals surface area contributed by atoms with Crippen LogP contribution in [-0.2, 0) is 11.2 Å². The molecule has 1 amide bonds. The molecule has 8 heteroatoms. The number of rotatable bonds is 2. The lowest BCUT2D eigenvalue weighted by Gasteiger charge is -2.35. The molecule has 0 bridgehead atoms. The predicted octanol–water partition coefficient (Wildman–Crippen LogP) is 1.49. The monoisotopic (exact) mass is 356 g/mol. The maximum absolute atomic E-state index is 13.0. The topological polar surface area (TPSA) is 87.2 Å². The van der Waals surface area contributed by atoms with Crippen LogP contribution in [0.25, 0.3) is 0 Å². The Kier molecular flexibility index (Phi) is 4.36. The van der Waals surface area contributed by atoms with E-state index in [1.807, 2.05) is 25.7 Å². The fourth-order valence-corrected chi connectivity index (χ4v) is 3.83. The van der Waals surface area contributed by atoms with Gasteiger partial charge in [-0.15, -0.1) is 0 Å². The molecule has 2 aliphatic heterocycles. The van der Waals surface area contributed by atoms with E-state index in [9.17, 15) is 4.79 Å². The van der Waals surface area contributed by atoms with Gasteiger partial charge >= 0.3 is 0 Å². The third-order valence-electron chi connectivity index (χ3n) is 5.16. The van der Waals surface area contributed by atoms with Gasteiger partial charge < -0.3 is 14.5 Å². The first kappa shape index (κ1) is 17.0. The van der Waals surface area contributed by atoms with Crippen molar-refractivity contribution >= 4 is 11.7 Å². The van der Waals surface area contributed by atoms with E-state index < -0.39 is 0 Å². The predicted molar refractivity (Wildman–Crippen MR) is 96.1 cm³/mol. The van der Waals surface area contributed by atoms with E-state index in [4.69, 9.17) is 4.74 Å². The number of hydrogen-bond donors (Lipinski definition) is 1. The van der Waals surface area contributed by atoms with Gasteiger partial charge in [0.25, 0.3) is 5.91 Å². The van der Waals surface area contributed by atoms with Crippen molar-refractivity contribution in [2.75, 3.05) is 31.1 Å². The Hall–Kier alpha value is -2.48. The van der Waals surface area contributed by atoms with Gasteiger partial charge in [0.1, 0.15) is 5.82 Å². The van der Waals surface area contributed by atoms with Crippen molar-refractivity contribution < 1.29 is 9.53 Å². The van der Waals surface area contributed by atoms with Gasteiger partial charge in [-0.05, 0) is 20.8 Å². The van der Waals surface area contributed by atoms with Crippen molar-refractivity contribution in [1.82, 2.24) is 25.1 Å². The molecule has 2 aromatic heterocycles. The molecular weight excluding hydrogens is 332 g/mol. The molecule has 0 unspecified atom stereocenters. The molecule has 0 aliphatic carbocycles. The first-order chi connectivity index (χ1) is 12.5. The van der Waals surface area contributed by atoms with Crippen LogP contribution in [-0.4, -0.2) is 63.3 Å². The SMILES string of the molecule is Cc1nccnc1N1CCN(C(=O)c2n[nH]c3c2C[C@@H](C)O[C@H]3C)CC1. The van der Waals surface area contributed by atoms with Crippen LogP contribution in [0.3, 0.4) is 0 Å². The summed E-state index contributed by atoms with van der Waals surface area (Å²) in [6, 6.07) is 0. The number of carbonyl (C=O) groups is 1. The van der Waals surface area contributed by atoms with E-state index >= 15 is 0 Å². The van der Waals surface area contributed by atoms with E-state index in [1.54, 1.807) is 12.4 Å². The first-order valence-electron chi connectivity index (χ1n) is 9.09. The number of nitrogens with zero attached hydrogens (tertiary/aromatic N) is 5. The first-order valence-corrected chi connectivity index (χ1v) is 9.09. The van der Waals surface area contributed by atoms with Gasteiger partial charge in [-0.1, -0.05) is 0 Å². The van der Waals surface area contributed by atoms with Gasteiger partial charge in [-0.2, -0.15) is 5.10 Å². The second-order valence-electron chi connectivity index (χ2n) is 7.00. The van der Waals surface area contributed by atoms with Crippen LogP contribution in [0.5, 0.6) is 0 Å². The number of H-pyrrole nitrogens is 1. The fraction of sp³-hybridized carbons (Fsp3) is 0.556. The van der Waals surface area contributed by atoms with Crippen LogP contribution in [0.15, 0.2) is 12.4 Å². The number of aromatic amines is 1. The molecule has 1 N–H and O–H groups in total. The summed E-state index contributed by atoms with van der Waals surface area (Å²) in [5.41, 5.74) is 3.40. The number of aryl methyl sites for hydroxylation is 1. The van der Waals surface area contributed by atoms with Crippen LogP contribution in [0.4, 0.5) is 5.82 Å². The van der Waals surface area contributed by atoms with Gasteiger partial charge in [0.05, 0.1) is 23.6 Å². The highest BCUT2D eigenvalue weighted by atomic mass is 16.5. The van der Waals surface area contributed by atoms with Gasteiger partial charge in [-0.3, -0.25) is 14.9 Å². The molecule has 0 spiro atoms. The van der Waals surface area contributed by atoms with Gasteiger partial charge in [-0.25, -0.2) is 4.98 Å². The minimum Gasteiger partial charge on any atom is -0.369 e. The molecular formula is C18H24N6O2. The van der Waals surface area contributed by atoms with Crippen molar-refractivity contribution in [2.45, 2.75) is 39.4 Å². The summed E-state index contributed by atoms with van der Waals surface area (Å²) in [4.78, 5) is 25.8. The normalized spacial score (nSPS) is 23.0. The van der Waals surface area contributed by atoms with E-state index in [-0.39, 0.29) is 18.1 Å². The highest BCUT2D eigenvalue weighted by Crippen LogP contribution is 2.30. The molecule has 138 valence electrons. The summed E-state index contributed by atoms with van der Waals surface area (Å²) in [6.45, 7) is 8.77. The van der Waals surface area contributed by atoms with E-state index in [1.165, 1.54) is 0 Å². The molecule has 8 nitrogen and oxygen atoms in total. The number of fused-ring (bicyclic) bond motifs is 1. The van der Waals surface area contributed by atoms with E-state index in [0.717, 1.165) is 42.3 Å². The average molecular weight is 356 g/mol. The van der Waals surface area contributed by atoms with Crippen LogP contribution in [0, 0.1) is 6.92 Å². The van der Waals surface area contributed by atoms with Crippen LogP contribution < -0.4 is 4.90 Å². The molecule has 1 fully saturated rings. The number of carbonyl (C=O) groups excluding carboxylic acids is 1. The lowest BCUT2D eigenvalue weighted by Crippen LogP contribution is -2.49.